The number of rotatable bonds is 4. The number of morpholine rings is 1. The molecule has 0 radical (unpaired) electrons. The third kappa shape index (κ3) is 5.94. The fourth-order valence-corrected chi connectivity index (χ4v) is 4.07. The van der Waals surface area contributed by atoms with Crippen LogP contribution < -0.4 is 5.32 Å². The first-order chi connectivity index (χ1) is 11.1. The Morgan fingerprint density at radius 2 is 1.68 bits per heavy atom. The highest BCUT2D eigenvalue weighted by atomic mass is 35.5. The molecule has 0 spiro atoms. The van der Waals surface area contributed by atoms with Crippen LogP contribution in [0.2, 0.25) is 0 Å². The van der Waals surface area contributed by atoms with Crippen LogP contribution in [0.5, 0.6) is 0 Å². The fraction of sp³-hybridized carbons (Fsp3) is 0.941. The highest BCUT2D eigenvalue weighted by Crippen LogP contribution is 2.22. The van der Waals surface area contributed by atoms with Crippen LogP contribution in [0, 0.1) is 0 Å². The molecule has 3 fully saturated rings. The van der Waals surface area contributed by atoms with Gasteiger partial charge in [-0.25, -0.2) is 0 Å². The summed E-state index contributed by atoms with van der Waals surface area (Å²) in [6.07, 6.45) is 2.39. The maximum Gasteiger partial charge on any atom is 0.253 e. The first-order valence-electron chi connectivity index (χ1n) is 9.24. The second kappa shape index (κ2) is 10.9. The Bertz CT molecular complexity index is 392. The normalized spacial score (nSPS) is 31.3. The van der Waals surface area contributed by atoms with Gasteiger partial charge in [0.2, 0.25) is 0 Å². The van der Waals surface area contributed by atoms with Crippen LogP contribution in [0.25, 0.3) is 0 Å². The molecular weight excluding hydrogens is 363 g/mol. The van der Waals surface area contributed by atoms with E-state index >= 15 is 0 Å². The Hall–Kier alpha value is -0.110. The Labute approximate surface area is 164 Å². The molecule has 8 heteroatoms. The van der Waals surface area contributed by atoms with Gasteiger partial charge in [0.25, 0.3) is 5.91 Å². The minimum atomic E-state index is -0.276. The van der Waals surface area contributed by atoms with Gasteiger partial charge in [-0.3, -0.25) is 14.6 Å². The quantitative estimate of drug-likeness (QED) is 0.762. The number of piperazine rings is 1. The summed E-state index contributed by atoms with van der Waals surface area (Å²) in [6.45, 7) is 12.8. The van der Waals surface area contributed by atoms with Gasteiger partial charge in [0.1, 0.15) is 6.10 Å². The zero-order valence-electron chi connectivity index (χ0n) is 15.5. The van der Waals surface area contributed by atoms with Crippen molar-refractivity contribution in [3.8, 4) is 0 Å². The van der Waals surface area contributed by atoms with E-state index in [0.717, 1.165) is 57.9 Å². The van der Waals surface area contributed by atoms with Crippen molar-refractivity contribution in [1.29, 1.82) is 0 Å². The number of ether oxygens (including phenoxy) is 1. The molecule has 0 saturated carbocycles. The van der Waals surface area contributed by atoms with Crippen molar-refractivity contribution in [2.24, 2.45) is 0 Å². The lowest BCUT2D eigenvalue weighted by Gasteiger charge is -2.38. The van der Waals surface area contributed by atoms with Crippen molar-refractivity contribution in [3.63, 3.8) is 0 Å². The number of hydrogen-bond donors (Lipinski definition) is 1. The van der Waals surface area contributed by atoms with Gasteiger partial charge in [0, 0.05) is 64.4 Å². The van der Waals surface area contributed by atoms with E-state index in [1.807, 2.05) is 4.90 Å². The van der Waals surface area contributed by atoms with Gasteiger partial charge in [0.15, 0.2) is 0 Å². The summed E-state index contributed by atoms with van der Waals surface area (Å²) in [7, 11) is 0. The van der Waals surface area contributed by atoms with Gasteiger partial charge < -0.3 is 15.0 Å². The third-order valence-electron chi connectivity index (χ3n) is 5.70. The highest BCUT2D eigenvalue weighted by molar-refractivity contribution is 5.85. The lowest BCUT2D eigenvalue weighted by Crippen LogP contribution is -2.55. The van der Waals surface area contributed by atoms with Crippen LogP contribution in [0.15, 0.2) is 0 Å². The van der Waals surface area contributed by atoms with E-state index in [4.69, 9.17) is 4.74 Å². The molecule has 6 nitrogen and oxygen atoms in total. The number of carbonyl (C=O) groups excluding carboxylic acids is 1. The minimum Gasteiger partial charge on any atom is -0.366 e. The van der Waals surface area contributed by atoms with E-state index < -0.39 is 0 Å². The molecular formula is C17H34Cl2N4O2. The van der Waals surface area contributed by atoms with Crippen LogP contribution in [0.1, 0.15) is 26.7 Å². The summed E-state index contributed by atoms with van der Waals surface area (Å²) in [4.78, 5) is 19.6. The van der Waals surface area contributed by atoms with Crippen LogP contribution in [-0.4, -0.2) is 97.8 Å². The number of nitrogens with one attached hydrogen (secondary N) is 1. The third-order valence-corrected chi connectivity index (χ3v) is 5.70. The molecule has 2 unspecified atom stereocenters. The maximum absolute atomic E-state index is 12.4. The number of halogens is 2. The lowest BCUT2D eigenvalue weighted by molar-refractivity contribution is -0.147. The molecule has 3 heterocycles. The van der Waals surface area contributed by atoms with Crippen molar-refractivity contribution in [2.45, 2.75) is 44.9 Å². The standard InChI is InChI=1S/C17H32N4O2.2ClH/c1-14-3-4-15(2)21(14)11-8-19-6-9-20(10-7-19)17(22)16-13-18-5-12-23-16;;/h14-16,18H,3-13H2,1-2H3;2*1H/t14?,15?,16-;;/m1../s1. The number of likely N-dealkylation sites (tertiary alicyclic amines) is 1. The van der Waals surface area contributed by atoms with Gasteiger partial charge in [-0.2, -0.15) is 0 Å². The molecule has 0 aromatic rings. The van der Waals surface area contributed by atoms with Gasteiger partial charge in [-0.05, 0) is 26.7 Å². The molecule has 1 amide bonds. The van der Waals surface area contributed by atoms with E-state index in [0.29, 0.717) is 13.2 Å². The van der Waals surface area contributed by atoms with Crippen molar-refractivity contribution >= 4 is 30.7 Å². The molecule has 3 rings (SSSR count). The minimum absolute atomic E-state index is 0. The fourth-order valence-electron chi connectivity index (χ4n) is 4.07. The summed E-state index contributed by atoms with van der Waals surface area (Å²) in [5.41, 5.74) is 0. The Morgan fingerprint density at radius 1 is 1.04 bits per heavy atom. The summed E-state index contributed by atoms with van der Waals surface area (Å²) < 4.78 is 5.58. The van der Waals surface area contributed by atoms with Crippen LogP contribution >= 0.6 is 24.8 Å². The smallest absolute Gasteiger partial charge is 0.253 e. The number of amides is 1. The Morgan fingerprint density at radius 3 is 2.24 bits per heavy atom. The molecule has 3 atom stereocenters. The summed E-state index contributed by atoms with van der Waals surface area (Å²) in [5.74, 6) is 0.165. The van der Waals surface area contributed by atoms with Crippen LogP contribution in [0.4, 0.5) is 0 Å². The molecule has 0 bridgehead atoms. The second-order valence-corrected chi connectivity index (χ2v) is 7.24. The Balaban J connectivity index is 0.00000156. The average molecular weight is 397 g/mol. The number of carbonyl (C=O) groups is 1. The van der Waals surface area contributed by atoms with Gasteiger partial charge >= 0.3 is 0 Å². The summed E-state index contributed by atoms with van der Waals surface area (Å²) >= 11 is 0. The van der Waals surface area contributed by atoms with Crippen molar-refractivity contribution in [2.75, 3.05) is 59.0 Å². The molecule has 0 aromatic carbocycles. The Kier molecular flexibility index (Phi) is 10.00. The van der Waals surface area contributed by atoms with Gasteiger partial charge in [0.05, 0.1) is 6.61 Å². The van der Waals surface area contributed by atoms with Gasteiger partial charge in [-0.15, -0.1) is 24.8 Å². The van der Waals surface area contributed by atoms with Crippen molar-refractivity contribution < 1.29 is 9.53 Å². The van der Waals surface area contributed by atoms with Gasteiger partial charge in [-0.1, -0.05) is 0 Å². The largest absolute Gasteiger partial charge is 0.366 e. The van der Waals surface area contributed by atoms with E-state index in [2.05, 4.69) is 29.0 Å². The van der Waals surface area contributed by atoms with Crippen molar-refractivity contribution in [3.05, 3.63) is 0 Å². The van der Waals surface area contributed by atoms with E-state index in [-0.39, 0.29) is 36.8 Å². The molecule has 3 aliphatic heterocycles. The van der Waals surface area contributed by atoms with E-state index in [9.17, 15) is 4.79 Å². The first kappa shape index (κ1) is 22.9. The van der Waals surface area contributed by atoms with E-state index in [1.165, 1.54) is 12.8 Å². The topological polar surface area (TPSA) is 48.0 Å². The first-order valence-corrected chi connectivity index (χ1v) is 9.24. The zero-order chi connectivity index (χ0) is 16.2. The highest BCUT2D eigenvalue weighted by Gasteiger charge is 2.30. The number of hydrogen-bond acceptors (Lipinski definition) is 5. The molecule has 1 N–H and O–H groups in total. The molecule has 3 aliphatic rings. The average Bonchev–Trinajstić information content (AvgIpc) is 2.92. The summed E-state index contributed by atoms with van der Waals surface area (Å²) in [5, 5.41) is 3.23. The molecule has 3 saturated heterocycles. The van der Waals surface area contributed by atoms with Crippen LogP contribution in [-0.2, 0) is 9.53 Å². The molecule has 148 valence electrons. The predicted octanol–water partition coefficient (Wildman–Crippen LogP) is 0.835. The second-order valence-electron chi connectivity index (χ2n) is 7.24. The predicted molar refractivity (Wildman–Crippen MR) is 105 cm³/mol. The zero-order valence-corrected chi connectivity index (χ0v) is 17.1. The monoisotopic (exact) mass is 396 g/mol. The van der Waals surface area contributed by atoms with E-state index in [1.54, 1.807) is 0 Å². The van der Waals surface area contributed by atoms with Crippen LogP contribution in [0.3, 0.4) is 0 Å². The summed E-state index contributed by atoms with van der Waals surface area (Å²) in [6, 6.07) is 1.45. The lowest BCUT2D eigenvalue weighted by atomic mass is 10.2. The molecule has 0 aromatic heterocycles. The molecule has 25 heavy (non-hydrogen) atoms. The SMILES string of the molecule is CC1CCC(C)N1CCN1CCN(C(=O)[C@H]2CNCCO2)CC1.Cl.Cl. The molecule has 0 aliphatic carbocycles. The number of nitrogens with zero attached hydrogens (tertiary/aromatic N) is 3. The maximum atomic E-state index is 12.4. The van der Waals surface area contributed by atoms with Crippen molar-refractivity contribution in [1.82, 2.24) is 20.0 Å².